The van der Waals surface area contributed by atoms with Crippen LogP contribution in [0.2, 0.25) is 0 Å². The second kappa shape index (κ2) is 12.1. The van der Waals surface area contributed by atoms with Crippen LogP contribution in [0.1, 0.15) is 31.9 Å². The van der Waals surface area contributed by atoms with Gasteiger partial charge in [0.15, 0.2) is 0 Å². The standard InChI is InChI=1S/C28H28N2O2/c1-4-24(25-13-15-27(16-14-25)31-22(2)3)9-8-19-29-20-18-23-12-17-28(30-21-23)32-26-10-6-5-7-11-26/h4-22H,1-3H3/b9-8-,20-18+,24-4+,29-19+. The van der Waals surface area contributed by atoms with Gasteiger partial charge in [-0.3, -0.25) is 4.99 Å². The molecule has 162 valence electrons. The number of benzene rings is 2. The van der Waals surface area contributed by atoms with E-state index < -0.39 is 0 Å². The highest BCUT2D eigenvalue weighted by Crippen LogP contribution is 2.21. The van der Waals surface area contributed by atoms with Gasteiger partial charge >= 0.3 is 0 Å². The number of hydrogen-bond donors (Lipinski definition) is 0. The Hall–Kier alpha value is -3.92. The van der Waals surface area contributed by atoms with Gasteiger partial charge in [0.2, 0.25) is 5.88 Å². The molecule has 0 aliphatic carbocycles. The molecule has 0 unspecified atom stereocenters. The summed E-state index contributed by atoms with van der Waals surface area (Å²) in [5, 5.41) is 0. The van der Waals surface area contributed by atoms with Crippen molar-refractivity contribution in [1.29, 1.82) is 0 Å². The van der Waals surface area contributed by atoms with Gasteiger partial charge in [-0.2, -0.15) is 0 Å². The van der Waals surface area contributed by atoms with Crippen molar-refractivity contribution in [3.63, 3.8) is 0 Å². The van der Waals surface area contributed by atoms with Crippen LogP contribution in [-0.2, 0) is 0 Å². The van der Waals surface area contributed by atoms with Crippen LogP contribution in [0.4, 0.5) is 0 Å². The molecule has 1 heterocycles. The molecule has 0 aliphatic rings. The molecule has 0 saturated carbocycles. The van der Waals surface area contributed by atoms with Crippen molar-refractivity contribution in [3.8, 4) is 17.4 Å². The summed E-state index contributed by atoms with van der Waals surface area (Å²) in [7, 11) is 0. The molecule has 4 nitrogen and oxygen atoms in total. The molecule has 0 atom stereocenters. The Labute approximate surface area is 190 Å². The number of ether oxygens (including phenoxy) is 2. The van der Waals surface area contributed by atoms with Gasteiger partial charge in [0.05, 0.1) is 6.10 Å². The van der Waals surface area contributed by atoms with E-state index in [0.717, 1.165) is 28.2 Å². The second-order valence-corrected chi connectivity index (χ2v) is 7.25. The Morgan fingerprint density at radius 3 is 2.38 bits per heavy atom. The Balaban J connectivity index is 1.51. The van der Waals surface area contributed by atoms with Crippen molar-refractivity contribution in [2.24, 2.45) is 4.99 Å². The third-order valence-corrected chi connectivity index (χ3v) is 4.40. The zero-order valence-corrected chi connectivity index (χ0v) is 18.7. The summed E-state index contributed by atoms with van der Waals surface area (Å²) in [6, 6.07) is 21.5. The van der Waals surface area contributed by atoms with E-state index in [1.54, 1.807) is 18.6 Å². The maximum absolute atomic E-state index is 5.70. The molecule has 0 spiro atoms. The SMILES string of the molecule is C\C=C(/C=C\C=N\C=C\c1ccc(Oc2ccccc2)nc1)c1ccc(OC(C)C)cc1. The van der Waals surface area contributed by atoms with Gasteiger partial charge < -0.3 is 9.47 Å². The Morgan fingerprint density at radius 2 is 1.72 bits per heavy atom. The van der Waals surface area contributed by atoms with Crippen LogP contribution in [0.15, 0.2) is 102 Å². The molecule has 3 aromatic rings. The molecule has 0 fully saturated rings. The number of para-hydroxylation sites is 1. The number of allylic oxidation sites excluding steroid dienone is 4. The van der Waals surface area contributed by atoms with Crippen molar-refractivity contribution in [3.05, 3.63) is 108 Å². The van der Waals surface area contributed by atoms with Crippen molar-refractivity contribution < 1.29 is 9.47 Å². The van der Waals surface area contributed by atoms with E-state index in [9.17, 15) is 0 Å². The third-order valence-electron chi connectivity index (χ3n) is 4.40. The summed E-state index contributed by atoms with van der Waals surface area (Å²) in [4.78, 5) is 8.63. The first-order valence-corrected chi connectivity index (χ1v) is 10.6. The van der Waals surface area contributed by atoms with Gasteiger partial charge in [-0.1, -0.05) is 42.5 Å². The number of rotatable bonds is 9. The summed E-state index contributed by atoms with van der Waals surface area (Å²) in [5.74, 6) is 2.20. The maximum Gasteiger partial charge on any atom is 0.219 e. The van der Waals surface area contributed by atoms with Crippen LogP contribution in [0.25, 0.3) is 11.6 Å². The van der Waals surface area contributed by atoms with Crippen LogP contribution in [0.5, 0.6) is 17.4 Å². The van der Waals surface area contributed by atoms with Crippen LogP contribution in [0.3, 0.4) is 0 Å². The summed E-state index contributed by atoms with van der Waals surface area (Å²) in [5.41, 5.74) is 3.20. The largest absolute Gasteiger partial charge is 0.491 e. The fraction of sp³-hybridized carbons (Fsp3) is 0.143. The molecule has 32 heavy (non-hydrogen) atoms. The van der Waals surface area contributed by atoms with Crippen LogP contribution in [-0.4, -0.2) is 17.3 Å². The highest BCUT2D eigenvalue weighted by atomic mass is 16.5. The predicted molar refractivity (Wildman–Crippen MR) is 133 cm³/mol. The average molecular weight is 425 g/mol. The van der Waals surface area contributed by atoms with E-state index in [4.69, 9.17) is 9.47 Å². The summed E-state index contributed by atoms with van der Waals surface area (Å²) in [6.45, 7) is 6.06. The summed E-state index contributed by atoms with van der Waals surface area (Å²) < 4.78 is 11.4. The number of aliphatic imine (C=N–C) groups is 1. The molecule has 2 aromatic carbocycles. The van der Waals surface area contributed by atoms with E-state index in [0.29, 0.717) is 5.88 Å². The number of pyridine rings is 1. The van der Waals surface area contributed by atoms with E-state index in [2.05, 4.69) is 28.2 Å². The van der Waals surface area contributed by atoms with Crippen LogP contribution in [0, 0.1) is 0 Å². The summed E-state index contributed by atoms with van der Waals surface area (Å²) in [6.07, 6.45) is 13.4. The minimum atomic E-state index is 0.169. The first-order valence-electron chi connectivity index (χ1n) is 10.6. The molecule has 1 aromatic heterocycles. The Morgan fingerprint density at radius 1 is 0.938 bits per heavy atom. The van der Waals surface area contributed by atoms with E-state index in [1.165, 1.54) is 0 Å². The smallest absolute Gasteiger partial charge is 0.219 e. The van der Waals surface area contributed by atoms with Crippen LogP contribution < -0.4 is 9.47 Å². The highest BCUT2D eigenvalue weighted by Gasteiger charge is 2.00. The van der Waals surface area contributed by atoms with E-state index in [1.807, 2.05) is 93.6 Å². The fourth-order valence-corrected chi connectivity index (χ4v) is 2.89. The monoisotopic (exact) mass is 424 g/mol. The molecular formula is C28H28N2O2. The van der Waals surface area contributed by atoms with Gasteiger partial charge in [-0.25, -0.2) is 4.98 Å². The highest BCUT2D eigenvalue weighted by molar-refractivity contribution is 5.81. The van der Waals surface area contributed by atoms with Crippen molar-refractivity contribution in [1.82, 2.24) is 4.98 Å². The molecule has 0 amide bonds. The van der Waals surface area contributed by atoms with Gasteiger partial charge in [-0.05, 0) is 80.0 Å². The van der Waals surface area contributed by atoms with Crippen molar-refractivity contribution in [2.45, 2.75) is 26.9 Å². The van der Waals surface area contributed by atoms with E-state index in [-0.39, 0.29) is 6.10 Å². The maximum atomic E-state index is 5.70. The molecule has 0 N–H and O–H groups in total. The quantitative estimate of drug-likeness (QED) is 0.266. The lowest BCUT2D eigenvalue weighted by Crippen LogP contribution is -2.05. The van der Waals surface area contributed by atoms with Gasteiger partial charge in [-0.15, -0.1) is 0 Å². The first-order chi connectivity index (χ1) is 15.6. The minimum absolute atomic E-state index is 0.169. The molecule has 0 radical (unpaired) electrons. The third kappa shape index (κ3) is 7.40. The normalized spacial score (nSPS) is 12.3. The zero-order valence-electron chi connectivity index (χ0n) is 18.7. The number of hydrogen-bond acceptors (Lipinski definition) is 4. The second-order valence-electron chi connectivity index (χ2n) is 7.25. The molecule has 3 rings (SSSR count). The first kappa shape index (κ1) is 22.8. The topological polar surface area (TPSA) is 43.7 Å². The van der Waals surface area contributed by atoms with Crippen molar-refractivity contribution in [2.75, 3.05) is 0 Å². The molecule has 0 bridgehead atoms. The predicted octanol–water partition coefficient (Wildman–Crippen LogP) is 7.36. The molecule has 0 saturated heterocycles. The van der Waals surface area contributed by atoms with Gasteiger partial charge in [0.25, 0.3) is 0 Å². The fourth-order valence-electron chi connectivity index (χ4n) is 2.89. The average Bonchev–Trinajstić information content (AvgIpc) is 2.81. The van der Waals surface area contributed by atoms with Crippen LogP contribution >= 0.6 is 0 Å². The van der Waals surface area contributed by atoms with Crippen molar-refractivity contribution >= 4 is 17.9 Å². The number of nitrogens with zero attached hydrogens (tertiary/aromatic N) is 2. The minimum Gasteiger partial charge on any atom is -0.491 e. The lowest BCUT2D eigenvalue weighted by Gasteiger charge is -2.10. The number of aromatic nitrogens is 1. The lowest BCUT2D eigenvalue weighted by molar-refractivity contribution is 0.242. The lowest BCUT2D eigenvalue weighted by atomic mass is 10.1. The zero-order chi connectivity index (χ0) is 22.6. The molecular weight excluding hydrogens is 396 g/mol. The Bertz CT molecular complexity index is 1080. The molecule has 0 aliphatic heterocycles. The Kier molecular flexibility index (Phi) is 8.58. The van der Waals surface area contributed by atoms with Gasteiger partial charge in [0, 0.05) is 24.7 Å². The van der Waals surface area contributed by atoms with E-state index >= 15 is 0 Å². The summed E-state index contributed by atoms with van der Waals surface area (Å²) >= 11 is 0. The molecule has 4 heteroatoms. The van der Waals surface area contributed by atoms with Gasteiger partial charge in [0.1, 0.15) is 11.5 Å².